The highest BCUT2D eigenvalue weighted by Gasteiger charge is 2.24. The Morgan fingerprint density at radius 2 is 1.47 bits per heavy atom. The summed E-state index contributed by atoms with van der Waals surface area (Å²) < 4.78 is 21.2. The summed E-state index contributed by atoms with van der Waals surface area (Å²) in [5, 5.41) is 5.97. The third-order valence-electron chi connectivity index (χ3n) is 8.79. The number of nitrogens with zero attached hydrogens (tertiary/aromatic N) is 4. The highest BCUT2D eigenvalue weighted by molar-refractivity contribution is 6.02. The predicted octanol–water partition coefficient (Wildman–Crippen LogP) is 8.72. The molecule has 15 nitrogen and oxygen atoms in total. The van der Waals surface area contributed by atoms with E-state index in [-0.39, 0.29) is 37.3 Å². The minimum absolute atomic E-state index is 0.00118. The molecule has 0 spiro atoms. The molecule has 1 atom stereocenters. The number of urea groups is 1. The van der Waals surface area contributed by atoms with Crippen molar-refractivity contribution in [3.05, 3.63) is 77.5 Å². The van der Waals surface area contributed by atoms with E-state index in [1.165, 1.54) is 20.3 Å². The minimum Gasteiger partial charge on any atom is -0.459 e. The Morgan fingerprint density at radius 1 is 0.814 bits per heavy atom. The van der Waals surface area contributed by atoms with Crippen LogP contribution in [0, 0.1) is 18.8 Å². The van der Waals surface area contributed by atoms with Gasteiger partial charge in [0.05, 0.1) is 17.8 Å². The van der Waals surface area contributed by atoms with E-state index in [2.05, 4.69) is 48.2 Å². The molecular weight excluding hydrogens is 757 g/mol. The molecule has 4 amide bonds. The number of carbonyl (C=O) groups excluding carboxylic acids is 5. The van der Waals surface area contributed by atoms with Crippen LogP contribution in [0.4, 0.5) is 37.3 Å². The number of aromatic nitrogens is 1. The zero-order valence-corrected chi connectivity index (χ0v) is 36.4. The first kappa shape index (κ1) is 47.5. The highest BCUT2D eigenvalue weighted by atomic mass is 16.7. The van der Waals surface area contributed by atoms with Crippen molar-refractivity contribution in [1.82, 2.24) is 9.88 Å². The average molecular weight is 819 g/mol. The first-order valence-electron chi connectivity index (χ1n) is 19.9. The number of benzene rings is 2. The first-order chi connectivity index (χ1) is 27.8. The molecule has 0 aliphatic carbocycles. The van der Waals surface area contributed by atoms with E-state index in [0.29, 0.717) is 35.2 Å². The predicted molar refractivity (Wildman–Crippen MR) is 229 cm³/mol. The van der Waals surface area contributed by atoms with Gasteiger partial charge in [0.1, 0.15) is 24.6 Å². The zero-order chi connectivity index (χ0) is 43.9. The van der Waals surface area contributed by atoms with Crippen molar-refractivity contribution < 1.29 is 42.9 Å². The zero-order valence-electron chi connectivity index (χ0n) is 36.4. The Hall–Kier alpha value is -5.86. The molecule has 15 heteroatoms. The maximum atomic E-state index is 13.3. The molecule has 1 aromatic heterocycles. The van der Waals surface area contributed by atoms with Crippen molar-refractivity contribution in [2.75, 3.05) is 61.0 Å². The van der Waals surface area contributed by atoms with E-state index >= 15 is 0 Å². The van der Waals surface area contributed by atoms with Gasteiger partial charge in [-0.15, -0.1) is 0 Å². The van der Waals surface area contributed by atoms with Crippen LogP contribution in [0.5, 0.6) is 0 Å². The van der Waals surface area contributed by atoms with E-state index < -0.39 is 36.5 Å². The first-order valence-corrected chi connectivity index (χ1v) is 19.9. The van der Waals surface area contributed by atoms with Gasteiger partial charge in [0.15, 0.2) is 0 Å². The number of carbonyl (C=O) groups is 5. The van der Waals surface area contributed by atoms with Crippen LogP contribution in [0.15, 0.2) is 60.8 Å². The lowest BCUT2D eigenvalue weighted by atomic mass is 9.92. The molecule has 0 fully saturated rings. The van der Waals surface area contributed by atoms with Crippen molar-refractivity contribution in [3.63, 3.8) is 0 Å². The van der Waals surface area contributed by atoms with E-state index in [1.54, 1.807) is 32.9 Å². The minimum atomic E-state index is -0.858. The summed E-state index contributed by atoms with van der Waals surface area (Å²) in [5.41, 5.74) is 3.75. The molecule has 0 saturated heterocycles. The quantitative estimate of drug-likeness (QED) is 0.0715. The molecular formula is C44H62N6O9. The molecule has 0 aliphatic rings. The maximum Gasteiger partial charge on any atom is 0.418 e. The molecule has 2 aromatic carbocycles. The topological polar surface area (TPSA) is 169 Å². The number of aryl methyl sites for hydroxylation is 1. The van der Waals surface area contributed by atoms with Gasteiger partial charge in [-0.3, -0.25) is 14.5 Å². The summed E-state index contributed by atoms with van der Waals surface area (Å²) in [4.78, 5) is 72.8. The monoisotopic (exact) mass is 818 g/mol. The number of pyridine rings is 1. The van der Waals surface area contributed by atoms with Crippen LogP contribution in [-0.4, -0.2) is 86.2 Å². The van der Waals surface area contributed by atoms with E-state index in [4.69, 9.17) is 18.9 Å². The van der Waals surface area contributed by atoms with Crippen molar-refractivity contribution >= 4 is 53.0 Å². The largest absolute Gasteiger partial charge is 0.459 e. The van der Waals surface area contributed by atoms with Crippen molar-refractivity contribution in [2.24, 2.45) is 11.8 Å². The van der Waals surface area contributed by atoms with Gasteiger partial charge in [0, 0.05) is 44.6 Å². The second-order valence-electron chi connectivity index (χ2n) is 16.3. The number of hydrogen-bond donors (Lipinski definition) is 2. The summed E-state index contributed by atoms with van der Waals surface area (Å²) in [6.07, 6.45) is 0.522. The third kappa shape index (κ3) is 16.1. The summed E-state index contributed by atoms with van der Waals surface area (Å²) in [6.45, 7) is 18.1. The number of esters is 2. The van der Waals surface area contributed by atoms with Gasteiger partial charge >= 0.3 is 30.2 Å². The maximum absolute atomic E-state index is 13.3. The van der Waals surface area contributed by atoms with Crippen LogP contribution >= 0.6 is 0 Å². The Morgan fingerprint density at radius 3 is 2.08 bits per heavy atom. The van der Waals surface area contributed by atoms with Gasteiger partial charge in [-0.1, -0.05) is 64.4 Å². The Bertz CT molecular complexity index is 1870. The fraction of sp³-hybridized carbons (Fsp3) is 0.500. The standard InChI is InChI=1S/C44H62N6O9/c1-12-32(33-17-20-37(50(24-29(2)3)25-30(4)5)36(22-33)47-41(53)46-35-18-15-31(6)16-19-35)23-38(51)57-28-58-43(55)49(11)40-34(14-13-21-45-40)27-56-39(52)26-48(10)42(54)59-44(7,8)9/h13-22,29-30,32H,12,23-28H2,1-11H3,(H2,46,47,53). The Kier molecular flexibility index (Phi) is 18.0. The molecule has 0 radical (unpaired) electrons. The summed E-state index contributed by atoms with van der Waals surface area (Å²) in [6, 6.07) is 16.3. The smallest absolute Gasteiger partial charge is 0.418 e. The van der Waals surface area contributed by atoms with Gasteiger partial charge in [0.25, 0.3) is 0 Å². The number of nitrogens with one attached hydrogen (secondary N) is 2. The number of rotatable bonds is 18. The SMILES string of the molecule is CCC(CC(=O)OCOC(=O)N(C)c1ncccc1COC(=O)CN(C)C(=O)OC(C)(C)C)c1ccc(N(CC(C)C)CC(C)C)c(NC(=O)Nc2ccc(C)cc2)c1. The Labute approximate surface area is 348 Å². The van der Waals surface area contributed by atoms with Crippen LogP contribution in [0.1, 0.15) is 90.8 Å². The molecule has 0 bridgehead atoms. The number of ether oxygens (including phenoxy) is 4. The number of likely N-dealkylation sites (N-methyl/N-ethyl adjacent to an activating group) is 1. The van der Waals surface area contributed by atoms with Crippen LogP contribution in [0.2, 0.25) is 0 Å². The molecule has 3 aromatic rings. The number of hydrogen-bond acceptors (Lipinski definition) is 11. The molecule has 3 rings (SSSR count). The van der Waals surface area contributed by atoms with Crippen molar-refractivity contribution in [2.45, 2.75) is 93.3 Å². The fourth-order valence-corrected chi connectivity index (χ4v) is 5.99. The molecule has 322 valence electrons. The highest BCUT2D eigenvalue weighted by Crippen LogP contribution is 2.34. The normalized spacial score (nSPS) is 11.7. The van der Waals surface area contributed by atoms with Gasteiger partial charge in [-0.2, -0.15) is 0 Å². The summed E-state index contributed by atoms with van der Waals surface area (Å²) in [5.74, 6) is -0.633. The lowest BCUT2D eigenvalue weighted by molar-refractivity contribution is -0.152. The number of anilines is 4. The summed E-state index contributed by atoms with van der Waals surface area (Å²) >= 11 is 0. The molecule has 0 aliphatic heterocycles. The van der Waals surface area contributed by atoms with Crippen molar-refractivity contribution in [3.8, 4) is 0 Å². The molecule has 2 N–H and O–H groups in total. The molecule has 59 heavy (non-hydrogen) atoms. The molecule has 0 saturated carbocycles. The van der Waals surface area contributed by atoms with E-state index in [1.807, 2.05) is 56.3 Å². The summed E-state index contributed by atoms with van der Waals surface area (Å²) in [7, 11) is 2.84. The van der Waals surface area contributed by atoms with Crippen LogP contribution in [0.3, 0.4) is 0 Å². The van der Waals surface area contributed by atoms with Crippen LogP contribution < -0.4 is 20.4 Å². The Balaban J connectivity index is 1.65. The van der Waals surface area contributed by atoms with E-state index in [9.17, 15) is 24.0 Å². The van der Waals surface area contributed by atoms with Gasteiger partial charge in [-0.05, 0) is 87.8 Å². The molecule has 1 heterocycles. The van der Waals surface area contributed by atoms with Gasteiger partial charge < -0.3 is 39.4 Å². The van der Waals surface area contributed by atoms with Crippen LogP contribution in [-0.2, 0) is 35.1 Å². The second-order valence-corrected chi connectivity index (χ2v) is 16.3. The third-order valence-corrected chi connectivity index (χ3v) is 8.79. The lowest BCUT2D eigenvalue weighted by Gasteiger charge is -2.31. The van der Waals surface area contributed by atoms with Gasteiger partial charge in [0.2, 0.25) is 6.79 Å². The molecule has 1 unspecified atom stereocenters. The second kappa shape index (κ2) is 22.3. The average Bonchev–Trinajstić information content (AvgIpc) is 3.15. The van der Waals surface area contributed by atoms with Crippen molar-refractivity contribution in [1.29, 1.82) is 0 Å². The lowest BCUT2D eigenvalue weighted by Crippen LogP contribution is -2.37. The number of amides is 4. The fourth-order valence-electron chi connectivity index (χ4n) is 5.99. The van der Waals surface area contributed by atoms with Gasteiger partial charge in [-0.25, -0.2) is 19.4 Å². The van der Waals surface area contributed by atoms with Crippen LogP contribution in [0.25, 0.3) is 0 Å². The van der Waals surface area contributed by atoms with E-state index in [0.717, 1.165) is 39.7 Å².